The van der Waals surface area contributed by atoms with Gasteiger partial charge in [0.1, 0.15) is 33.5 Å². The summed E-state index contributed by atoms with van der Waals surface area (Å²) in [4.78, 5) is 3.85. The van der Waals surface area contributed by atoms with Crippen LogP contribution < -0.4 is 15.6 Å². The predicted octanol–water partition coefficient (Wildman–Crippen LogP) is 8.69. The van der Waals surface area contributed by atoms with Gasteiger partial charge in [-0.2, -0.15) is 4.99 Å². The van der Waals surface area contributed by atoms with E-state index in [1.54, 1.807) is 0 Å². The molecule has 1 atom stereocenters. The van der Waals surface area contributed by atoms with E-state index in [-0.39, 0.29) is 6.17 Å². The molecule has 10 rings (SSSR count). The van der Waals surface area contributed by atoms with E-state index in [2.05, 4.69) is 125 Å². The lowest BCUT2D eigenvalue weighted by Gasteiger charge is -2.13. The summed E-state index contributed by atoms with van der Waals surface area (Å²) in [5, 5.41) is 12.2. The number of hydrogen-bond acceptors (Lipinski definition) is 4. The van der Waals surface area contributed by atoms with E-state index in [0.29, 0.717) is 0 Å². The zero-order valence-electron chi connectivity index (χ0n) is 27.8. The Kier molecular flexibility index (Phi) is 6.84. The van der Waals surface area contributed by atoms with E-state index in [4.69, 9.17) is 13.3 Å². The van der Waals surface area contributed by atoms with E-state index in [1.807, 2.05) is 49.5 Å². The number of benzene rings is 7. The van der Waals surface area contributed by atoms with Crippen LogP contribution in [0.25, 0.3) is 76.9 Å². The van der Waals surface area contributed by atoms with E-state index < -0.39 is 0 Å². The van der Waals surface area contributed by atoms with Crippen molar-refractivity contribution >= 4 is 77.3 Å². The van der Waals surface area contributed by atoms with Gasteiger partial charge < -0.3 is 13.3 Å². The summed E-state index contributed by atoms with van der Waals surface area (Å²) in [5.41, 5.74) is 10.4. The molecular weight excluding hydrogens is 631 g/mol. The van der Waals surface area contributed by atoms with Crippen molar-refractivity contribution in [2.45, 2.75) is 6.17 Å². The fourth-order valence-corrected chi connectivity index (χ4v) is 7.49. The van der Waals surface area contributed by atoms with Crippen molar-refractivity contribution < 1.29 is 23.6 Å². The van der Waals surface area contributed by atoms with E-state index in [1.165, 1.54) is 0 Å². The third-order valence-corrected chi connectivity index (χ3v) is 9.97. The zero-order chi connectivity index (χ0) is 33.9. The molecule has 0 aliphatic heterocycles. The molecule has 0 saturated heterocycles. The van der Waals surface area contributed by atoms with Gasteiger partial charge in [0.25, 0.3) is 0 Å². The maximum absolute atomic E-state index is 6.83. The molecule has 10 aromatic rings. The van der Waals surface area contributed by atoms with Gasteiger partial charge in [-0.3, -0.25) is 5.32 Å². The molecule has 0 bridgehead atoms. The lowest BCUT2D eigenvalue weighted by Crippen LogP contribution is -3.00. The van der Waals surface area contributed by atoms with Crippen LogP contribution in [-0.4, -0.2) is 12.9 Å². The second kappa shape index (κ2) is 11.8. The minimum Gasteiger partial charge on any atom is -0.456 e. The SMILES string of the molecule is CNC([NH2+]C(=[NH+]c1cccc2oc3ccccc3c12)c1cccc2c1oc1cc(-c3ccc4oc5ccccc5c4c3)ccc12)c1ccccc1. The van der Waals surface area contributed by atoms with Gasteiger partial charge in [0, 0.05) is 38.6 Å². The van der Waals surface area contributed by atoms with Crippen molar-refractivity contribution in [1.29, 1.82) is 0 Å². The van der Waals surface area contributed by atoms with Crippen LogP contribution in [-0.2, 0) is 0 Å². The highest BCUT2D eigenvalue weighted by Crippen LogP contribution is 2.37. The fourth-order valence-electron chi connectivity index (χ4n) is 7.49. The molecule has 0 aliphatic rings. The Hall–Kier alpha value is -6.47. The number of rotatable bonds is 6. The van der Waals surface area contributed by atoms with Crippen LogP contribution >= 0.6 is 0 Å². The maximum atomic E-state index is 6.83. The fraction of sp³-hybridized carbons (Fsp3) is 0.0444. The molecule has 0 amide bonds. The Bertz CT molecular complexity index is 2950. The van der Waals surface area contributed by atoms with Crippen molar-refractivity contribution in [3.05, 3.63) is 163 Å². The molecule has 6 heteroatoms. The normalized spacial score (nSPS) is 13.0. The molecule has 0 saturated carbocycles. The third-order valence-electron chi connectivity index (χ3n) is 9.97. The van der Waals surface area contributed by atoms with Gasteiger partial charge in [0.05, 0.1) is 5.39 Å². The number of para-hydroxylation sites is 3. The summed E-state index contributed by atoms with van der Waals surface area (Å²) in [6.07, 6.45) is -0.0610. The summed E-state index contributed by atoms with van der Waals surface area (Å²) in [7, 11) is 1.99. The average molecular weight is 664 g/mol. The molecule has 0 radical (unpaired) electrons. The van der Waals surface area contributed by atoms with E-state index in [0.717, 1.165) is 99.6 Å². The molecule has 3 heterocycles. The first-order chi connectivity index (χ1) is 25.2. The Morgan fingerprint density at radius 1 is 0.529 bits per heavy atom. The van der Waals surface area contributed by atoms with Gasteiger partial charge in [0.2, 0.25) is 5.69 Å². The van der Waals surface area contributed by atoms with Crippen molar-refractivity contribution in [2.24, 2.45) is 0 Å². The highest BCUT2D eigenvalue weighted by atomic mass is 16.3. The number of quaternary nitrogens is 1. The van der Waals surface area contributed by atoms with Gasteiger partial charge in [-0.05, 0) is 66.7 Å². The van der Waals surface area contributed by atoms with Gasteiger partial charge in [-0.1, -0.05) is 97.1 Å². The smallest absolute Gasteiger partial charge is 0.377 e. The summed E-state index contributed by atoms with van der Waals surface area (Å²) in [6, 6.07) is 52.3. The number of amidine groups is 1. The zero-order valence-corrected chi connectivity index (χ0v) is 27.8. The van der Waals surface area contributed by atoms with Crippen LogP contribution in [0.15, 0.2) is 165 Å². The van der Waals surface area contributed by atoms with Crippen LogP contribution in [0.3, 0.4) is 0 Å². The first-order valence-corrected chi connectivity index (χ1v) is 17.2. The summed E-state index contributed by atoms with van der Waals surface area (Å²) in [6.45, 7) is 0. The molecule has 0 fully saturated rings. The highest BCUT2D eigenvalue weighted by molar-refractivity contribution is 6.13. The number of fused-ring (bicyclic) bond motifs is 9. The van der Waals surface area contributed by atoms with Crippen LogP contribution in [0.2, 0.25) is 0 Å². The van der Waals surface area contributed by atoms with Crippen LogP contribution in [0, 0.1) is 0 Å². The molecule has 6 nitrogen and oxygen atoms in total. The van der Waals surface area contributed by atoms with Crippen molar-refractivity contribution in [3.8, 4) is 11.1 Å². The van der Waals surface area contributed by atoms with Gasteiger partial charge in [-0.25, -0.2) is 5.32 Å². The molecular formula is C45H33N3O3+2. The minimum absolute atomic E-state index is 0.0610. The second-order valence-corrected chi connectivity index (χ2v) is 13.0. The minimum atomic E-state index is -0.0610. The number of hydrogen-bond donors (Lipinski definition) is 3. The molecule has 51 heavy (non-hydrogen) atoms. The molecule has 4 N–H and O–H groups in total. The van der Waals surface area contributed by atoms with Crippen molar-refractivity contribution in [1.82, 2.24) is 5.32 Å². The Labute approximate surface area is 292 Å². The summed E-state index contributed by atoms with van der Waals surface area (Å²) < 4.78 is 19.2. The number of nitrogens with one attached hydrogen (secondary N) is 2. The quantitative estimate of drug-likeness (QED) is 0.0945. The Morgan fingerprint density at radius 2 is 1.18 bits per heavy atom. The number of furan rings is 3. The van der Waals surface area contributed by atoms with Crippen LogP contribution in [0.4, 0.5) is 5.69 Å². The lowest BCUT2D eigenvalue weighted by atomic mass is 10.0. The molecule has 0 aliphatic carbocycles. The number of nitrogens with two attached hydrogens (primary N) is 1. The van der Waals surface area contributed by atoms with Gasteiger partial charge in [-0.15, -0.1) is 0 Å². The van der Waals surface area contributed by atoms with E-state index in [9.17, 15) is 0 Å². The molecule has 244 valence electrons. The van der Waals surface area contributed by atoms with Gasteiger partial charge in [0.15, 0.2) is 11.7 Å². The largest absolute Gasteiger partial charge is 0.456 e. The highest BCUT2D eigenvalue weighted by Gasteiger charge is 2.28. The number of nitrogen functional groups attached to an aromatic ring is 1. The molecule has 0 spiro atoms. The average Bonchev–Trinajstić information content (AvgIpc) is 3.87. The van der Waals surface area contributed by atoms with Gasteiger partial charge >= 0.3 is 5.84 Å². The molecule has 7 aromatic carbocycles. The first kappa shape index (κ1) is 29.4. The van der Waals surface area contributed by atoms with Crippen LogP contribution in [0.5, 0.6) is 0 Å². The standard InChI is InChI=1S/C45H31N3O3/c1-46-44(27-11-3-2-4-12-27)48-45(47-36-17-10-20-40-42(36)33-14-6-8-19-38(33)50-40)34-16-9-15-32-31-23-21-29(26-41(31)51-43(32)34)28-22-24-39-35(25-28)30-13-5-7-18-37(30)49-39/h2-26,44,46H,1H3,(H,47,48)/p+2. The predicted molar refractivity (Wildman–Crippen MR) is 205 cm³/mol. The second-order valence-electron chi connectivity index (χ2n) is 13.0. The first-order valence-electron chi connectivity index (χ1n) is 17.2. The Balaban J connectivity index is 1.14. The maximum Gasteiger partial charge on any atom is 0.377 e. The summed E-state index contributed by atoms with van der Waals surface area (Å²) >= 11 is 0. The van der Waals surface area contributed by atoms with Crippen molar-refractivity contribution in [2.75, 3.05) is 7.05 Å². The summed E-state index contributed by atoms with van der Waals surface area (Å²) in [5.74, 6) is 0.929. The van der Waals surface area contributed by atoms with Crippen molar-refractivity contribution in [3.63, 3.8) is 0 Å². The van der Waals surface area contributed by atoms with E-state index >= 15 is 0 Å². The third kappa shape index (κ3) is 4.92. The van der Waals surface area contributed by atoms with Crippen LogP contribution in [0.1, 0.15) is 17.3 Å². The Morgan fingerprint density at radius 3 is 2.04 bits per heavy atom. The molecule has 1 unspecified atom stereocenters. The lowest BCUT2D eigenvalue weighted by molar-refractivity contribution is -0.632. The topological polar surface area (TPSA) is 82.0 Å². The monoisotopic (exact) mass is 663 g/mol. The molecule has 3 aromatic heterocycles.